The molecule has 1 aromatic rings. The highest BCUT2D eigenvalue weighted by molar-refractivity contribution is 6.31. The van der Waals surface area contributed by atoms with Crippen LogP contribution >= 0.6 is 11.6 Å². The topological polar surface area (TPSA) is 23.5 Å². The first kappa shape index (κ1) is 14.3. The van der Waals surface area contributed by atoms with Crippen LogP contribution in [-0.4, -0.2) is 18.7 Å². The Morgan fingerprint density at radius 2 is 1.94 bits per heavy atom. The van der Waals surface area contributed by atoms with Gasteiger partial charge in [-0.1, -0.05) is 31.5 Å². The zero-order valence-corrected chi connectivity index (χ0v) is 11.8. The zero-order valence-electron chi connectivity index (χ0n) is 11.1. The molecule has 1 rings (SSSR count). The van der Waals surface area contributed by atoms with Gasteiger partial charge in [0, 0.05) is 24.3 Å². The van der Waals surface area contributed by atoms with Crippen LogP contribution in [-0.2, 0) is 0 Å². The summed E-state index contributed by atoms with van der Waals surface area (Å²) < 4.78 is 0. The number of rotatable bonds is 5. The Labute approximate surface area is 109 Å². The summed E-state index contributed by atoms with van der Waals surface area (Å²) in [5.41, 5.74) is 1.88. The molecule has 0 amide bonds. The van der Waals surface area contributed by atoms with Crippen molar-refractivity contribution >= 4 is 17.3 Å². The Kier molecular flexibility index (Phi) is 5.29. The second-order valence-corrected chi connectivity index (χ2v) is 5.39. The van der Waals surface area contributed by atoms with Crippen molar-refractivity contribution in [2.75, 3.05) is 18.5 Å². The predicted octanol–water partition coefficient (Wildman–Crippen LogP) is 3.88. The number of hydrogen-bond donors (Lipinski definition) is 1. The normalized spacial score (nSPS) is 12.9. The van der Waals surface area contributed by atoms with Gasteiger partial charge in [0.1, 0.15) is 0 Å². The molecule has 0 saturated carbocycles. The molecule has 1 atom stereocenters. The van der Waals surface area contributed by atoms with Crippen LogP contribution in [0, 0.1) is 5.92 Å². The fourth-order valence-corrected chi connectivity index (χ4v) is 2.01. The SMILES string of the molecule is CC(C)CCN(C)c1ccc(C(C)O)c(Cl)c1. The molecule has 0 fully saturated rings. The minimum atomic E-state index is -0.516. The van der Waals surface area contributed by atoms with Crippen LogP contribution in [0.2, 0.25) is 5.02 Å². The molecule has 0 bridgehead atoms. The van der Waals surface area contributed by atoms with Gasteiger partial charge in [-0.05, 0) is 37.0 Å². The molecular formula is C14H22ClNO. The van der Waals surface area contributed by atoms with Crippen LogP contribution in [0.5, 0.6) is 0 Å². The first-order valence-electron chi connectivity index (χ1n) is 6.10. The fourth-order valence-electron chi connectivity index (χ4n) is 1.67. The van der Waals surface area contributed by atoms with Crippen molar-refractivity contribution in [2.45, 2.75) is 33.3 Å². The third-order valence-corrected chi connectivity index (χ3v) is 3.24. The van der Waals surface area contributed by atoms with E-state index in [0.717, 1.165) is 24.2 Å². The van der Waals surface area contributed by atoms with Gasteiger partial charge in [0.25, 0.3) is 0 Å². The van der Waals surface area contributed by atoms with Crippen molar-refractivity contribution in [1.29, 1.82) is 0 Å². The van der Waals surface area contributed by atoms with E-state index in [4.69, 9.17) is 11.6 Å². The Bertz CT molecular complexity index is 363. The van der Waals surface area contributed by atoms with Crippen LogP contribution in [0.25, 0.3) is 0 Å². The maximum Gasteiger partial charge on any atom is 0.0776 e. The third-order valence-electron chi connectivity index (χ3n) is 2.92. The Morgan fingerprint density at radius 3 is 2.41 bits per heavy atom. The highest BCUT2D eigenvalue weighted by Crippen LogP contribution is 2.27. The largest absolute Gasteiger partial charge is 0.389 e. The summed E-state index contributed by atoms with van der Waals surface area (Å²) in [6.45, 7) is 7.18. The number of nitrogens with zero attached hydrogens (tertiary/aromatic N) is 1. The number of halogens is 1. The Balaban J connectivity index is 2.75. The lowest BCUT2D eigenvalue weighted by molar-refractivity contribution is 0.199. The van der Waals surface area contributed by atoms with Gasteiger partial charge in [0.15, 0.2) is 0 Å². The molecule has 0 aromatic heterocycles. The first-order valence-corrected chi connectivity index (χ1v) is 6.48. The molecule has 1 N–H and O–H groups in total. The van der Waals surface area contributed by atoms with E-state index in [1.54, 1.807) is 6.92 Å². The van der Waals surface area contributed by atoms with Crippen molar-refractivity contribution in [2.24, 2.45) is 5.92 Å². The maximum absolute atomic E-state index is 9.51. The van der Waals surface area contributed by atoms with E-state index in [1.807, 2.05) is 18.2 Å². The molecule has 0 aliphatic carbocycles. The molecule has 0 radical (unpaired) electrons. The van der Waals surface area contributed by atoms with Gasteiger partial charge in [-0.15, -0.1) is 0 Å². The van der Waals surface area contributed by atoms with Crippen LogP contribution in [0.3, 0.4) is 0 Å². The summed E-state index contributed by atoms with van der Waals surface area (Å²) in [6, 6.07) is 5.83. The van der Waals surface area contributed by atoms with E-state index in [1.165, 1.54) is 0 Å². The number of hydrogen-bond acceptors (Lipinski definition) is 2. The van der Waals surface area contributed by atoms with Gasteiger partial charge < -0.3 is 10.0 Å². The molecule has 0 aliphatic heterocycles. The summed E-state index contributed by atoms with van der Waals surface area (Å²) in [6.07, 6.45) is 0.643. The Morgan fingerprint density at radius 1 is 1.29 bits per heavy atom. The molecule has 96 valence electrons. The van der Waals surface area contributed by atoms with E-state index < -0.39 is 6.10 Å². The molecule has 0 heterocycles. The number of aliphatic hydroxyl groups excluding tert-OH is 1. The lowest BCUT2D eigenvalue weighted by Gasteiger charge is -2.21. The van der Waals surface area contributed by atoms with Crippen LogP contribution < -0.4 is 4.90 Å². The van der Waals surface area contributed by atoms with Crippen LogP contribution in [0.1, 0.15) is 38.9 Å². The lowest BCUT2D eigenvalue weighted by Crippen LogP contribution is -2.19. The Hall–Kier alpha value is -0.730. The summed E-state index contributed by atoms with van der Waals surface area (Å²) in [5.74, 6) is 0.699. The number of aliphatic hydroxyl groups is 1. The summed E-state index contributed by atoms with van der Waals surface area (Å²) in [5, 5.41) is 10.1. The van der Waals surface area contributed by atoms with Gasteiger partial charge in [-0.25, -0.2) is 0 Å². The minimum absolute atomic E-state index is 0.516. The van der Waals surface area contributed by atoms with E-state index >= 15 is 0 Å². The smallest absolute Gasteiger partial charge is 0.0776 e. The average Bonchev–Trinajstić information content (AvgIpc) is 2.25. The van der Waals surface area contributed by atoms with Crippen molar-refractivity contribution in [3.63, 3.8) is 0 Å². The summed E-state index contributed by atoms with van der Waals surface area (Å²) >= 11 is 6.14. The van der Waals surface area contributed by atoms with Gasteiger partial charge in [-0.2, -0.15) is 0 Å². The molecule has 3 heteroatoms. The molecule has 1 unspecified atom stereocenters. The molecule has 17 heavy (non-hydrogen) atoms. The van der Waals surface area contributed by atoms with E-state index in [0.29, 0.717) is 10.9 Å². The van der Waals surface area contributed by atoms with E-state index in [2.05, 4.69) is 25.8 Å². The van der Waals surface area contributed by atoms with Crippen LogP contribution in [0.15, 0.2) is 18.2 Å². The second-order valence-electron chi connectivity index (χ2n) is 4.99. The summed E-state index contributed by atoms with van der Waals surface area (Å²) in [4.78, 5) is 2.19. The molecule has 1 aromatic carbocycles. The molecular weight excluding hydrogens is 234 g/mol. The average molecular weight is 256 g/mol. The third kappa shape index (κ3) is 4.21. The molecule has 0 aliphatic rings. The minimum Gasteiger partial charge on any atom is -0.389 e. The van der Waals surface area contributed by atoms with Crippen molar-refractivity contribution in [3.8, 4) is 0 Å². The van der Waals surface area contributed by atoms with Crippen molar-refractivity contribution in [3.05, 3.63) is 28.8 Å². The number of benzene rings is 1. The molecule has 0 saturated heterocycles. The second kappa shape index (κ2) is 6.27. The van der Waals surface area contributed by atoms with Crippen LogP contribution in [0.4, 0.5) is 5.69 Å². The van der Waals surface area contributed by atoms with Gasteiger partial charge in [0.2, 0.25) is 0 Å². The highest BCUT2D eigenvalue weighted by Gasteiger charge is 2.09. The van der Waals surface area contributed by atoms with Gasteiger partial charge in [-0.3, -0.25) is 0 Å². The van der Waals surface area contributed by atoms with E-state index in [9.17, 15) is 5.11 Å². The lowest BCUT2D eigenvalue weighted by atomic mass is 10.1. The molecule has 2 nitrogen and oxygen atoms in total. The standard InChI is InChI=1S/C14H22ClNO/c1-10(2)7-8-16(4)12-5-6-13(11(3)17)14(15)9-12/h5-6,9-11,17H,7-8H2,1-4H3. The number of anilines is 1. The zero-order chi connectivity index (χ0) is 13.0. The highest BCUT2D eigenvalue weighted by atomic mass is 35.5. The maximum atomic E-state index is 9.51. The summed E-state index contributed by atoms with van der Waals surface area (Å²) in [7, 11) is 2.07. The van der Waals surface area contributed by atoms with Crippen molar-refractivity contribution in [1.82, 2.24) is 0 Å². The van der Waals surface area contributed by atoms with E-state index in [-0.39, 0.29) is 0 Å². The van der Waals surface area contributed by atoms with Gasteiger partial charge >= 0.3 is 0 Å². The fraction of sp³-hybridized carbons (Fsp3) is 0.571. The predicted molar refractivity (Wildman–Crippen MR) is 74.8 cm³/mol. The first-order chi connectivity index (χ1) is 7.91. The van der Waals surface area contributed by atoms with Crippen molar-refractivity contribution < 1.29 is 5.11 Å². The van der Waals surface area contributed by atoms with Gasteiger partial charge in [0.05, 0.1) is 6.10 Å². The quantitative estimate of drug-likeness (QED) is 0.863. The monoisotopic (exact) mass is 255 g/mol. The molecule has 0 spiro atoms.